The summed E-state index contributed by atoms with van der Waals surface area (Å²) in [4.78, 5) is 8.53. The standard InChI is InChI=1S/C16H29N3O/c1-6-8-17-14(16(3,4)5)10-13-11-15(19-12-18-13)20-9-7-2/h11-12,14,17H,6-10H2,1-5H3. The predicted molar refractivity (Wildman–Crippen MR) is 83.1 cm³/mol. The SMILES string of the molecule is CCCNC(Cc1cc(OCCC)ncn1)C(C)(C)C. The van der Waals surface area contributed by atoms with Crippen molar-refractivity contribution >= 4 is 0 Å². The number of hydrogen-bond donors (Lipinski definition) is 1. The van der Waals surface area contributed by atoms with Crippen LogP contribution in [0, 0.1) is 5.41 Å². The number of nitrogens with one attached hydrogen (secondary N) is 1. The monoisotopic (exact) mass is 279 g/mol. The summed E-state index contributed by atoms with van der Waals surface area (Å²) >= 11 is 0. The minimum Gasteiger partial charge on any atom is -0.478 e. The molecule has 0 aliphatic heterocycles. The highest BCUT2D eigenvalue weighted by atomic mass is 16.5. The molecule has 1 atom stereocenters. The first kappa shape index (κ1) is 16.9. The lowest BCUT2D eigenvalue weighted by molar-refractivity contribution is 0.264. The lowest BCUT2D eigenvalue weighted by Gasteiger charge is -2.31. The van der Waals surface area contributed by atoms with Gasteiger partial charge >= 0.3 is 0 Å². The maximum Gasteiger partial charge on any atom is 0.216 e. The maximum atomic E-state index is 5.57. The van der Waals surface area contributed by atoms with Gasteiger partial charge in [-0.25, -0.2) is 9.97 Å². The third-order valence-electron chi connectivity index (χ3n) is 3.25. The molecular formula is C16H29N3O. The molecular weight excluding hydrogens is 250 g/mol. The van der Waals surface area contributed by atoms with Gasteiger partial charge in [0.05, 0.1) is 6.61 Å². The van der Waals surface area contributed by atoms with Crippen molar-refractivity contribution in [2.45, 2.75) is 59.9 Å². The number of ether oxygens (including phenoxy) is 1. The van der Waals surface area contributed by atoms with Crippen molar-refractivity contribution < 1.29 is 4.74 Å². The van der Waals surface area contributed by atoms with E-state index in [-0.39, 0.29) is 5.41 Å². The van der Waals surface area contributed by atoms with E-state index >= 15 is 0 Å². The van der Waals surface area contributed by atoms with Gasteiger partial charge in [-0.1, -0.05) is 34.6 Å². The van der Waals surface area contributed by atoms with Crippen LogP contribution in [0.2, 0.25) is 0 Å². The molecule has 0 saturated carbocycles. The van der Waals surface area contributed by atoms with Gasteiger partial charge in [-0.05, 0) is 24.8 Å². The molecule has 0 amide bonds. The lowest BCUT2D eigenvalue weighted by Crippen LogP contribution is -2.42. The Bertz CT molecular complexity index is 388. The van der Waals surface area contributed by atoms with Crippen molar-refractivity contribution in [3.05, 3.63) is 18.1 Å². The zero-order valence-corrected chi connectivity index (χ0v) is 13.6. The molecule has 0 bridgehead atoms. The van der Waals surface area contributed by atoms with Gasteiger partial charge < -0.3 is 10.1 Å². The van der Waals surface area contributed by atoms with Gasteiger partial charge in [0, 0.05) is 24.2 Å². The van der Waals surface area contributed by atoms with Gasteiger partial charge in [0.15, 0.2) is 0 Å². The summed E-state index contributed by atoms with van der Waals surface area (Å²) in [5, 5.41) is 3.62. The van der Waals surface area contributed by atoms with Crippen molar-refractivity contribution in [3.8, 4) is 5.88 Å². The summed E-state index contributed by atoms with van der Waals surface area (Å²) in [5.41, 5.74) is 1.24. The topological polar surface area (TPSA) is 47.0 Å². The molecule has 20 heavy (non-hydrogen) atoms. The van der Waals surface area contributed by atoms with Crippen molar-refractivity contribution in [2.24, 2.45) is 5.41 Å². The average molecular weight is 279 g/mol. The van der Waals surface area contributed by atoms with E-state index in [1.54, 1.807) is 6.33 Å². The largest absolute Gasteiger partial charge is 0.478 e. The highest BCUT2D eigenvalue weighted by Crippen LogP contribution is 2.22. The molecule has 0 spiro atoms. The van der Waals surface area contributed by atoms with Crippen LogP contribution >= 0.6 is 0 Å². The molecule has 0 fully saturated rings. The Morgan fingerprint density at radius 1 is 1.20 bits per heavy atom. The Morgan fingerprint density at radius 2 is 1.95 bits per heavy atom. The van der Waals surface area contributed by atoms with E-state index in [1.165, 1.54) is 0 Å². The third-order valence-corrected chi connectivity index (χ3v) is 3.25. The highest BCUT2D eigenvalue weighted by molar-refractivity contribution is 5.15. The Kier molecular flexibility index (Phi) is 6.93. The van der Waals surface area contributed by atoms with Gasteiger partial charge in [-0.3, -0.25) is 0 Å². The quantitative estimate of drug-likeness (QED) is 0.793. The van der Waals surface area contributed by atoms with E-state index in [9.17, 15) is 0 Å². The van der Waals surface area contributed by atoms with Crippen LogP contribution in [0.15, 0.2) is 12.4 Å². The Labute approximate surface area is 123 Å². The molecule has 0 aliphatic carbocycles. The van der Waals surface area contributed by atoms with E-state index < -0.39 is 0 Å². The maximum absolute atomic E-state index is 5.57. The summed E-state index contributed by atoms with van der Waals surface area (Å²) in [7, 11) is 0. The molecule has 114 valence electrons. The number of hydrogen-bond acceptors (Lipinski definition) is 4. The Balaban J connectivity index is 2.72. The number of aromatic nitrogens is 2. The third kappa shape index (κ3) is 5.87. The summed E-state index contributed by atoms with van der Waals surface area (Å²) in [6, 6.07) is 2.36. The van der Waals surface area contributed by atoms with Gasteiger partial charge in [0.2, 0.25) is 5.88 Å². The van der Waals surface area contributed by atoms with E-state index in [0.717, 1.165) is 31.5 Å². The molecule has 1 aromatic rings. The first-order valence-corrected chi connectivity index (χ1v) is 7.64. The summed E-state index contributed by atoms with van der Waals surface area (Å²) in [6.45, 7) is 12.8. The van der Waals surface area contributed by atoms with Crippen molar-refractivity contribution in [1.29, 1.82) is 0 Å². The van der Waals surface area contributed by atoms with Crippen LogP contribution in [-0.4, -0.2) is 29.2 Å². The van der Waals surface area contributed by atoms with Gasteiger partial charge in [0.1, 0.15) is 6.33 Å². The molecule has 1 aromatic heterocycles. The zero-order valence-electron chi connectivity index (χ0n) is 13.6. The second-order valence-electron chi connectivity index (χ2n) is 6.27. The molecule has 1 heterocycles. The van der Waals surface area contributed by atoms with Crippen LogP contribution in [0.1, 0.15) is 53.2 Å². The summed E-state index contributed by atoms with van der Waals surface area (Å²) in [6.07, 6.45) is 4.62. The van der Waals surface area contributed by atoms with E-state index in [1.807, 2.05) is 6.07 Å². The summed E-state index contributed by atoms with van der Waals surface area (Å²) in [5.74, 6) is 0.681. The Hall–Kier alpha value is -1.16. The number of rotatable bonds is 8. The lowest BCUT2D eigenvalue weighted by atomic mass is 9.84. The second-order valence-corrected chi connectivity index (χ2v) is 6.27. The molecule has 1 unspecified atom stereocenters. The molecule has 0 saturated heterocycles. The molecule has 0 aliphatic rings. The molecule has 4 heteroatoms. The fourth-order valence-electron chi connectivity index (χ4n) is 1.99. The summed E-state index contributed by atoms with van der Waals surface area (Å²) < 4.78 is 5.57. The highest BCUT2D eigenvalue weighted by Gasteiger charge is 2.24. The minimum atomic E-state index is 0.199. The molecule has 1 N–H and O–H groups in total. The van der Waals surface area contributed by atoms with E-state index in [4.69, 9.17) is 4.74 Å². The molecule has 4 nitrogen and oxygen atoms in total. The molecule has 1 rings (SSSR count). The predicted octanol–water partition coefficient (Wildman–Crippen LogP) is 3.22. The molecule has 0 aromatic carbocycles. The van der Waals surface area contributed by atoms with E-state index in [2.05, 4.69) is 49.9 Å². The van der Waals surface area contributed by atoms with Gasteiger partial charge in [-0.15, -0.1) is 0 Å². The first-order chi connectivity index (χ1) is 9.47. The second kappa shape index (κ2) is 8.20. The minimum absolute atomic E-state index is 0.199. The van der Waals surface area contributed by atoms with Crippen molar-refractivity contribution in [3.63, 3.8) is 0 Å². The normalized spacial score (nSPS) is 13.2. The zero-order chi connectivity index (χ0) is 15.0. The van der Waals surface area contributed by atoms with Gasteiger partial charge in [0.25, 0.3) is 0 Å². The van der Waals surface area contributed by atoms with Gasteiger partial charge in [-0.2, -0.15) is 0 Å². The fourth-order valence-corrected chi connectivity index (χ4v) is 1.99. The van der Waals surface area contributed by atoms with Crippen LogP contribution < -0.4 is 10.1 Å². The van der Waals surface area contributed by atoms with Crippen LogP contribution in [0.5, 0.6) is 5.88 Å². The van der Waals surface area contributed by atoms with Crippen molar-refractivity contribution in [1.82, 2.24) is 15.3 Å². The van der Waals surface area contributed by atoms with Crippen LogP contribution in [0.4, 0.5) is 0 Å². The van der Waals surface area contributed by atoms with Crippen LogP contribution in [0.25, 0.3) is 0 Å². The first-order valence-electron chi connectivity index (χ1n) is 7.64. The average Bonchev–Trinajstić information content (AvgIpc) is 2.40. The smallest absolute Gasteiger partial charge is 0.216 e. The van der Waals surface area contributed by atoms with Crippen molar-refractivity contribution in [2.75, 3.05) is 13.2 Å². The Morgan fingerprint density at radius 3 is 2.55 bits per heavy atom. The number of nitrogens with zero attached hydrogens (tertiary/aromatic N) is 2. The van der Waals surface area contributed by atoms with Crippen LogP contribution in [0.3, 0.4) is 0 Å². The molecule has 0 radical (unpaired) electrons. The fraction of sp³-hybridized carbons (Fsp3) is 0.750. The van der Waals surface area contributed by atoms with Crippen LogP contribution in [-0.2, 0) is 6.42 Å². The van der Waals surface area contributed by atoms with E-state index in [0.29, 0.717) is 18.5 Å².